The number of hydrogen-bond acceptors (Lipinski definition) is 6. The number of aryl methyl sites for hydroxylation is 2. The molecule has 11 heteroatoms. The minimum atomic E-state index is -4.54. The Morgan fingerprint density at radius 2 is 1.76 bits per heavy atom. The summed E-state index contributed by atoms with van der Waals surface area (Å²) in [6.45, 7) is 3.36. The van der Waals surface area contributed by atoms with Gasteiger partial charge >= 0.3 is 12.0 Å². The molecule has 0 unspecified atom stereocenters. The lowest BCUT2D eigenvalue weighted by Crippen LogP contribution is -2.35. The Balaban J connectivity index is 2.30. The molecule has 0 radical (unpaired) electrons. The Bertz CT molecular complexity index is 941. The summed E-state index contributed by atoms with van der Waals surface area (Å²) < 4.78 is 26.4. The maximum absolute atomic E-state index is 12.4. The second-order valence-corrected chi connectivity index (χ2v) is 6.98. The van der Waals surface area contributed by atoms with Gasteiger partial charge in [-0.1, -0.05) is 17.7 Å². The maximum Gasteiger partial charge on any atom is 0.337 e. The summed E-state index contributed by atoms with van der Waals surface area (Å²) >= 11 is 5.80. The Hall–Kier alpha value is -2.72. The molecule has 1 heterocycles. The number of amides is 2. The molecule has 0 aliphatic heterocycles. The third-order valence-electron chi connectivity index (χ3n) is 2.90. The van der Waals surface area contributed by atoms with E-state index in [-0.39, 0.29) is 11.0 Å². The zero-order valence-corrected chi connectivity index (χ0v) is 14.6. The molecule has 1 aromatic heterocycles. The molecule has 2 rings (SSSR count). The van der Waals surface area contributed by atoms with Crippen LogP contribution in [-0.4, -0.2) is 35.5 Å². The third-order valence-corrected chi connectivity index (χ3v) is 4.76. The predicted molar refractivity (Wildman–Crippen MR) is 89.3 cm³/mol. The van der Waals surface area contributed by atoms with Crippen LogP contribution in [0.5, 0.6) is 0 Å². The lowest BCUT2D eigenvalue weighted by atomic mass is 10.2. The molecule has 0 saturated carbocycles. The van der Waals surface area contributed by atoms with Crippen LogP contribution >= 0.6 is 11.6 Å². The van der Waals surface area contributed by atoms with Crippen molar-refractivity contribution in [1.82, 2.24) is 14.7 Å². The fourth-order valence-electron chi connectivity index (χ4n) is 2.03. The molecule has 0 spiro atoms. The number of sulfonamides is 1. The second kappa shape index (κ2) is 7.03. The topological polar surface area (TPSA) is 138 Å². The van der Waals surface area contributed by atoms with Gasteiger partial charge in [-0.2, -0.15) is 0 Å². The summed E-state index contributed by atoms with van der Waals surface area (Å²) in [6, 6.07) is 4.07. The smallest absolute Gasteiger partial charge is 0.337 e. The Morgan fingerprint density at radius 1 is 1.16 bits per heavy atom. The number of benzene rings is 1. The average molecular weight is 385 g/mol. The number of carbonyl (C=O) groups is 2. The SMILES string of the molecule is Cc1cc(C)nc(NC(=O)NS(=O)(=O)c2c(Cl)cccc2C(=O)O)n1. The molecule has 0 aliphatic carbocycles. The quantitative estimate of drug-likeness (QED) is 0.732. The highest BCUT2D eigenvalue weighted by Gasteiger charge is 2.27. The fourth-order valence-corrected chi connectivity index (χ4v) is 3.68. The molecule has 1 aromatic carbocycles. The number of carboxylic acids is 1. The molecule has 132 valence electrons. The van der Waals surface area contributed by atoms with Gasteiger partial charge in [-0.25, -0.2) is 32.7 Å². The lowest BCUT2D eigenvalue weighted by molar-refractivity contribution is 0.0692. The lowest BCUT2D eigenvalue weighted by Gasteiger charge is -2.11. The molecule has 2 amide bonds. The van der Waals surface area contributed by atoms with Crippen LogP contribution in [0.4, 0.5) is 10.7 Å². The number of carbonyl (C=O) groups excluding carboxylic acids is 1. The van der Waals surface area contributed by atoms with E-state index in [2.05, 4.69) is 15.3 Å². The largest absolute Gasteiger partial charge is 0.478 e. The van der Waals surface area contributed by atoms with E-state index in [1.54, 1.807) is 24.6 Å². The molecular weight excluding hydrogens is 372 g/mol. The number of halogens is 1. The number of hydrogen-bond donors (Lipinski definition) is 3. The van der Waals surface area contributed by atoms with E-state index in [9.17, 15) is 18.0 Å². The first-order valence-electron chi connectivity index (χ1n) is 6.78. The maximum atomic E-state index is 12.4. The number of urea groups is 1. The summed E-state index contributed by atoms with van der Waals surface area (Å²) in [5.74, 6) is -1.59. The minimum Gasteiger partial charge on any atom is -0.478 e. The standard InChI is InChI=1S/C14H13ClN4O5S/c1-7-6-8(2)17-13(16-7)18-14(22)19-25(23,24)11-9(12(20)21)4-3-5-10(11)15/h3-6H,1-2H3,(H,20,21)(H2,16,17,18,19,22). The predicted octanol–water partition coefficient (Wildman–Crippen LogP) is 1.96. The fraction of sp³-hybridized carbons (Fsp3) is 0.143. The average Bonchev–Trinajstić information content (AvgIpc) is 2.44. The van der Waals surface area contributed by atoms with Gasteiger partial charge in [-0.15, -0.1) is 0 Å². The first kappa shape index (κ1) is 18.6. The number of anilines is 1. The summed E-state index contributed by atoms with van der Waals surface area (Å²) in [7, 11) is -4.54. The van der Waals surface area contributed by atoms with E-state index < -0.39 is 32.5 Å². The Kier molecular flexibility index (Phi) is 5.24. The zero-order valence-electron chi connectivity index (χ0n) is 13.1. The molecule has 0 atom stereocenters. The van der Waals surface area contributed by atoms with Crippen LogP contribution in [0.2, 0.25) is 5.02 Å². The van der Waals surface area contributed by atoms with Crippen molar-refractivity contribution in [3.63, 3.8) is 0 Å². The van der Waals surface area contributed by atoms with Gasteiger partial charge in [0.15, 0.2) is 0 Å². The van der Waals surface area contributed by atoms with Crippen LogP contribution in [0.3, 0.4) is 0 Å². The molecule has 0 aliphatic rings. The van der Waals surface area contributed by atoms with E-state index in [0.29, 0.717) is 11.4 Å². The van der Waals surface area contributed by atoms with Crippen molar-refractivity contribution in [3.05, 3.63) is 46.2 Å². The summed E-state index contributed by atoms with van der Waals surface area (Å²) in [6.07, 6.45) is 0. The second-order valence-electron chi connectivity index (χ2n) is 4.96. The molecular formula is C14H13ClN4O5S. The van der Waals surface area contributed by atoms with Crippen molar-refractivity contribution in [2.45, 2.75) is 18.7 Å². The molecule has 0 fully saturated rings. The molecule has 2 aromatic rings. The van der Waals surface area contributed by atoms with Crippen molar-refractivity contribution >= 4 is 39.6 Å². The van der Waals surface area contributed by atoms with Gasteiger partial charge in [0.05, 0.1) is 10.6 Å². The summed E-state index contributed by atoms with van der Waals surface area (Å²) in [5, 5.41) is 11.0. The van der Waals surface area contributed by atoms with Crippen molar-refractivity contribution in [2.75, 3.05) is 5.32 Å². The van der Waals surface area contributed by atoms with Gasteiger partial charge < -0.3 is 5.11 Å². The van der Waals surface area contributed by atoms with Crippen LogP contribution in [-0.2, 0) is 10.0 Å². The minimum absolute atomic E-state index is 0.0946. The number of aromatic carboxylic acids is 1. The van der Waals surface area contributed by atoms with Crippen molar-refractivity contribution < 1.29 is 23.1 Å². The Morgan fingerprint density at radius 3 is 2.32 bits per heavy atom. The van der Waals surface area contributed by atoms with Gasteiger partial charge in [-0.3, -0.25) is 5.32 Å². The molecule has 3 N–H and O–H groups in total. The number of aromatic nitrogens is 2. The van der Waals surface area contributed by atoms with Gasteiger partial charge in [-0.05, 0) is 32.0 Å². The molecule has 0 saturated heterocycles. The highest BCUT2D eigenvalue weighted by Crippen LogP contribution is 2.25. The summed E-state index contributed by atoms with van der Waals surface area (Å²) in [4.78, 5) is 30.3. The monoisotopic (exact) mass is 384 g/mol. The number of carboxylic acid groups (broad SMARTS) is 1. The van der Waals surface area contributed by atoms with Gasteiger partial charge in [0.2, 0.25) is 5.95 Å². The molecule has 0 bridgehead atoms. The van der Waals surface area contributed by atoms with E-state index >= 15 is 0 Å². The number of nitrogens with zero attached hydrogens (tertiary/aromatic N) is 2. The first-order valence-corrected chi connectivity index (χ1v) is 8.64. The Labute approximate surface area is 148 Å². The van der Waals surface area contributed by atoms with Crippen molar-refractivity contribution in [2.24, 2.45) is 0 Å². The summed E-state index contributed by atoms with van der Waals surface area (Å²) in [5.41, 5.74) is 0.588. The van der Waals surface area contributed by atoms with Crippen LogP contribution in [0.25, 0.3) is 0 Å². The van der Waals surface area contributed by atoms with Gasteiger partial charge in [0.1, 0.15) is 4.90 Å². The molecule has 25 heavy (non-hydrogen) atoms. The van der Waals surface area contributed by atoms with E-state index in [4.69, 9.17) is 16.7 Å². The molecule has 9 nitrogen and oxygen atoms in total. The van der Waals surface area contributed by atoms with Gasteiger partial charge in [0, 0.05) is 11.4 Å². The van der Waals surface area contributed by atoms with Crippen LogP contribution in [0, 0.1) is 13.8 Å². The zero-order chi connectivity index (χ0) is 18.8. The van der Waals surface area contributed by atoms with Gasteiger partial charge in [0.25, 0.3) is 10.0 Å². The number of nitrogens with one attached hydrogen (secondary N) is 2. The highest BCUT2D eigenvalue weighted by atomic mass is 35.5. The van der Waals surface area contributed by atoms with Crippen LogP contribution in [0.15, 0.2) is 29.2 Å². The number of rotatable bonds is 4. The van der Waals surface area contributed by atoms with E-state index in [1.807, 2.05) is 0 Å². The van der Waals surface area contributed by atoms with Crippen LogP contribution in [0.1, 0.15) is 21.7 Å². The van der Waals surface area contributed by atoms with Crippen molar-refractivity contribution in [3.8, 4) is 0 Å². The van der Waals surface area contributed by atoms with Crippen LogP contribution < -0.4 is 10.0 Å². The van der Waals surface area contributed by atoms with E-state index in [1.165, 1.54) is 12.1 Å². The third kappa shape index (κ3) is 4.43. The normalized spacial score (nSPS) is 11.0. The highest BCUT2D eigenvalue weighted by molar-refractivity contribution is 7.90. The van der Waals surface area contributed by atoms with Crippen molar-refractivity contribution in [1.29, 1.82) is 0 Å². The van der Waals surface area contributed by atoms with E-state index in [0.717, 1.165) is 6.07 Å². The first-order chi connectivity index (χ1) is 11.6.